The first-order valence-electron chi connectivity index (χ1n) is 10.9. The van der Waals surface area contributed by atoms with Crippen molar-refractivity contribution in [2.75, 3.05) is 13.1 Å². The van der Waals surface area contributed by atoms with E-state index in [2.05, 4.69) is 21.2 Å². The van der Waals surface area contributed by atoms with Crippen molar-refractivity contribution in [3.05, 3.63) is 96.4 Å². The Morgan fingerprint density at radius 3 is 2.71 bits per heavy atom. The van der Waals surface area contributed by atoms with Gasteiger partial charge in [-0.05, 0) is 58.6 Å². The van der Waals surface area contributed by atoms with Crippen LogP contribution in [0.15, 0.2) is 68.9 Å². The number of piperidine rings is 1. The monoisotopic (exact) mass is 541 g/mol. The molecule has 2 aliphatic heterocycles. The van der Waals surface area contributed by atoms with Crippen molar-refractivity contribution in [2.45, 2.75) is 18.9 Å². The number of pyridine rings is 1. The third-order valence-corrected chi connectivity index (χ3v) is 7.88. The van der Waals surface area contributed by atoms with Gasteiger partial charge in [0.2, 0.25) is 0 Å². The Kier molecular flexibility index (Phi) is 6.22. The minimum atomic E-state index is -0.678. The second-order valence-electron chi connectivity index (χ2n) is 8.57. The molecule has 0 radical (unpaired) electrons. The van der Waals surface area contributed by atoms with E-state index in [9.17, 15) is 18.8 Å². The lowest BCUT2D eigenvalue weighted by Crippen LogP contribution is -2.50. The summed E-state index contributed by atoms with van der Waals surface area (Å²) in [6.45, 7) is 1.49. The molecule has 6 nitrogen and oxygen atoms in total. The first kappa shape index (κ1) is 22.7. The number of rotatable bonds is 4. The molecule has 1 fully saturated rings. The molecule has 2 bridgehead atoms. The molecule has 34 heavy (non-hydrogen) atoms. The molecular weight excluding hydrogens is 521 g/mol. The Balaban J connectivity index is 1.44. The summed E-state index contributed by atoms with van der Waals surface area (Å²) in [5, 5.41) is 4.53. The van der Waals surface area contributed by atoms with E-state index in [0.29, 0.717) is 19.6 Å². The van der Waals surface area contributed by atoms with Crippen molar-refractivity contribution < 1.29 is 14.0 Å². The third-order valence-electron chi connectivity index (χ3n) is 6.24. The van der Waals surface area contributed by atoms with Crippen LogP contribution in [0.25, 0.3) is 6.08 Å². The van der Waals surface area contributed by atoms with Crippen LogP contribution in [0, 0.1) is 11.7 Å². The predicted octanol–water partition coefficient (Wildman–Crippen LogP) is 4.23. The Hall–Kier alpha value is -3.04. The van der Waals surface area contributed by atoms with Crippen molar-refractivity contribution in [1.29, 1.82) is 0 Å². The lowest BCUT2D eigenvalue weighted by Gasteiger charge is -2.43. The van der Waals surface area contributed by atoms with Crippen molar-refractivity contribution in [1.82, 2.24) is 14.8 Å². The molecule has 2 aliphatic rings. The zero-order valence-electron chi connectivity index (χ0n) is 18.0. The predicted molar refractivity (Wildman–Crippen MR) is 132 cm³/mol. The smallest absolute Gasteiger partial charge is 0.270 e. The quantitative estimate of drug-likeness (QED) is 0.502. The highest BCUT2D eigenvalue weighted by molar-refractivity contribution is 9.10. The molecule has 4 heterocycles. The van der Waals surface area contributed by atoms with E-state index in [1.807, 2.05) is 17.5 Å². The molecule has 1 saturated heterocycles. The molecular formula is C25H21BrFN3O3S. The van der Waals surface area contributed by atoms with Crippen LogP contribution in [0.3, 0.4) is 0 Å². The Labute approximate surface area is 207 Å². The number of carbonyl (C=O) groups is 2. The number of likely N-dealkylation sites (tertiary alicyclic amines) is 1. The normalized spacial score (nSPS) is 19.5. The minimum absolute atomic E-state index is 0.0204. The van der Waals surface area contributed by atoms with Crippen molar-refractivity contribution >= 4 is 45.2 Å². The van der Waals surface area contributed by atoms with E-state index >= 15 is 0 Å². The fourth-order valence-electron chi connectivity index (χ4n) is 4.77. The molecule has 0 saturated carbocycles. The zero-order chi connectivity index (χ0) is 23.8. The first-order valence-corrected chi connectivity index (χ1v) is 12.6. The number of nitrogens with one attached hydrogen (secondary N) is 1. The van der Waals surface area contributed by atoms with E-state index < -0.39 is 11.7 Å². The number of fused-ring (bicyclic) bond motifs is 4. The van der Waals surface area contributed by atoms with Crippen LogP contribution in [0.1, 0.15) is 33.3 Å². The largest absolute Gasteiger partial charge is 0.336 e. The molecule has 0 aliphatic carbocycles. The number of carbonyl (C=O) groups excluding carboxylic acids is 2. The Bertz CT molecular complexity index is 1370. The highest BCUT2D eigenvalue weighted by atomic mass is 79.9. The molecule has 174 valence electrons. The van der Waals surface area contributed by atoms with Gasteiger partial charge in [-0.2, -0.15) is 0 Å². The van der Waals surface area contributed by atoms with Crippen LogP contribution >= 0.6 is 27.3 Å². The van der Waals surface area contributed by atoms with Gasteiger partial charge in [-0.3, -0.25) is 14.4 Å². The third kappa shape index (κ3) is 4.50. The van der Waals surface area contributed by atoms with E-state index in [1.54, 1.807) is 33.7 Å². The first-order chi connectivity index (χ1) is 16.4. The molecule has 1 aromatic carbocycles. The Morgan fingerprint density at radius 1 is 1.12 bits per heavy atom. The summed E-state index contributed by atoms with van der Waals surface area (Å²) in [5.41, 5.74) is 0.878. The standard InChI is InChI=1S/C25H21BrFN3O3S/c26-17-9-18(34-14-17)10-21(28-24(32)19-4-1-2-5-20(19)27)25(33)29-11-15-8-16(13-29)22-6-3-7-23(31)30(22)12-15/h1-7,9-10,14-16H,8,11-13H2,(H,28,32)/b21-10-/t15-,16+/m1/s1. The summed E-state index contributed by atoms with van der Waals surface area (Å²) in [6.07, 6.45) is 2.53. The van der Waals surface area contributed by atoms with Gasteiger partial charge in [-0.15, -0.1) is 11.3 Å². The van der Waals surface area contributed by atoms with Crippen LogP contribution in [-0.4, -0.2) is 34.4 Å². The summed E-state index contributed by atoms with van der Waals surface area (Å²) >= 11 is 4.83. The Morgan fingerprint density at radius 2 is 1.94 bits per heavy atom. The van der Waals surface area contributed by atoms with Gasteiger partial charge in [0.25, 0.3) is 17.4 Å². The number of hydrogen-bond acceptors (Lipinski definition) is 4. The van der Waals surface area contributed by atoms with E-state index in [-0.39, 0.29) is 34.6 Å². The van der Waals surface area contributed by atoms with Gasteiger partial charge in [-0.1, -0.05) is 18.2 Å². The molecule has 2 aromatic heterocycles. The van der Waals surface area contributed by atoms with Gasteiger partial charge in [-0.25, -0.2) is 4.39 Å². The van der Waals surface area contributed by atoms with Gasteiger partial charge in [0.05, 0.1) is 5.56 Å². The highest BCUT2D eigenvalue weighted by Crippen LogP contribution is 2.35. The van der Waals surface area contributed by atoms with Crippen LogP contribution in [-0.2, 0) is 11.3 Å². The van der Waals surface area contributed by atoms with Gasteiger partial charge in [0.15, 0.2) is 0 Å². The number of nitrogens with zero attached hydrogens (tertiary/aromatic N) is 2. The number of amides is 2. The van der Waals surface area contributed by atoms with E-state index in [4.69, 9.17) is 0 Å². The van der Waals surface area contributed by atoms with Crippen molar-refractivity contribution in [3.63, 3.8) is 0 Å². The van der Waals surface area contributed by atoms with Crippen LogP contribution in [0.5, 0.6) is 0 Å². The fraction of sp³-hybridized carbons (Fsp3) is 0.240. The van der Waals surface area contributed by atoms with Gasteiger partial charge < -0.3 is 14.8 Å². The number of halogens is 2. The van der Waals surface area contributed by atoms with E-state index in [1.165, 1.54) is 29.5 Å². The average Bonchev–Trinajstić information content (AvgIpc) is 3.23. The van der Waals surface area contributed by atoms with Gasteiger partial charge >= 0.3 is 0 Å². The maximum atomic E-state index is 14.2. The maximum absolute atomic E-state index is 14.2. The summed E-state index contributed by atoms with van der Waals surface area (Å²) in [5.74, 6) is -1.46. The molecule has 0 spiro atoms. The molecule has 3 aromatic rings. The summed E-state index contributed by atoms with van der Waals surface area (Å²) < 4.78 is 16.9. The van der Waals surface area contributed by atoms with E-state index in [0.717, 1.165) is 21.5 Å². The summed E-state index contributed by atoms with van der Waals surface area (Å²) in [4.78, 5) is 41.3. The number of thiophene rings is 1. The maximum Gasteiger partial charge on any atom is 0.270 e. The lowest BCUT2D eigenvalue weighted by molar-refractivity contribution is -0.130. The van der Waals surface area contributed by atoms with Crippen molar-refractivity contribution in [3.8, 4) is 0 Å². The summed E-state index contributed by atoms with van der Waals surface area (Å²) in [7, 11) is 0. The number of aromatic nitrogens is 1. The topological polar surface area (TPSA) is 71.4 Å². The highest BCUT2D eigenvalue weighted by Gasteiger charge is 2.37. The molecule has 0 unspecified atom stereocenters. The van der Waals surface area contributed by atoms with Gasteiger partial charge in [0.1, 0.15) is 11.5 Å². The molecule has 1 N–H and O–H groups in total. The zero-order valence-corrected chi connectivity index (χ0v) is 20.4. The molecule has 5 rings (SSSR count). The molecule has 2 amide bonds. The average molecular weight is 542 g/mol. The second kappa shape index (κ2) is 9.31. The van der Waals surface area contributed by atoms with Crippen LogP contribution in [0.2, 0.25) is 0 Å². The summed E-state index contributed by atoms with van der Waals surface area (Å²) in [6, 6.07) is 12.8. The SMILES string of the molecule is O=C(N/C(=C\c1cc(Br)cs1)C(=O)N1C[C@H]2C[C@@H](C1)c1cccc(=O)n1C2)c1ccccc1F. The number of benzene rings is 1. The minimum Gasteiger partial charge on any atom is -0.336 e. The molecule has 2 atom stereocenters. The fourth-order valence-corrected chi connectivity index (χ4v) is 6.14. The molecule has 9 heteroatoms. The van der Waals surface area contributed by atoms with Gasteiger partial charge in [0, 0.05) is 52.0 Å². The van der Waals surface area contributed by atoms with Crippen LogP contribution < -0.4 is 10.9 Å². The number of hydrogen-bond donors (Lipinski definition) is 1. The van der Waals surface area contributed by atoms with Crippen molar-refractivity contribution in [2.24, 2.45) is 5.92 Å². The van der Waals surface area contributed by atoms with Crippen LogP contribution in [0.4, 0.5) is 4.39 Å². The lowest BCUT2D eigenvalue weighted by atomic mass is 9.83. The second-order valence-corrected chi connectivity index (χ2v) is 10.4.